The summed E-state index contributed by atoms with van der Waals surface area (Å²) in [7, 11) is 0. The van der Waals surface area contributed by atoms with Crippen LogP contribution in [0.4, 0.5) is 4.79 Å². The van der Waals surface area contributed by atoms with Gasteiger partial charge in [0.25, 0.3) is 0 Å². The second-order valence-corrected chi connectivity index (χ2v) is 6.32. The number of rotatable bonds is 3. The van der Waals surface area contributed by atoms with Crippen LogP contribution in [0.2, 0.25) is 0 Å². The van der Waals surface area contributed by atoms with Gasteiger partial charge < -0.3 is 21.1 Å². The maximum Gasteiger partial charge on any atom is 0.314 e. The second kappa shape index (κ2) is 4.38. The topological polar surface area (TPSA) is 76.4 Å². The molecule has 0 aromatic carbocycles. The van der Waals surface area contributed by atoms with Gasteiger partial charge in [-0.15, -0.1) is 0 Å². The minimum Gasteiger partial charge on any atom is -0.353 e. The Morgan fingerprint density at radius 2 is 2.39 bits per heavy atom. The molecule has 0 radical (unpaired) electrons. The van der Waals surface area contributed by atoms with Crippen molar-refractivity contribution in [2.45, 2.75) is 44.9 Å². The second-order valence-electron chi connectivity index (χ2n) is 6.32. The minimum atomic E-state index is -0.517. The third kappa shape index (κ3) is 1.99. The fourth-order valence-electron chi connectivity index (χ4n) is 3.95. The summed E-state index contributed by atoms with van der Waals surface area (Å²) in [6.07, 6.45) is 5.21. The standard InChI is InChI=1S/C13H23N3O2/c1-13-3-2-8(13)4-9(13)5-10-6-15-7-11(18-10)16-12(14)17/h8-11,15H,2-7H2,1H3,(H3,14,16,17)/t8?,9?,10-,11-,13?/m1/s1. The van der Waals surface area contributed by atoms with Gasteiger partial charge in [0.2, 0.25) is 0 Å². The van der Waals surface area contributed by atoms with Gasteiger partial charge in [0.05, 0.1) is 6.10 Å². The van der Waals surface area contributed by atoms with Crippen LogP contribution in [0, 0.1) is 17.3 Å². The van der Waals surface area contributed by atoms with E-state index in [-0.39, 0.29) is 12.3 Å². The van der Waals surface area contributed by atoms with E-state index in [0.29, 0.717) is 12.0 Å². The van der Waals surface area contributed by atoms with E-state index in [1.54, 1.807) is 0 Å². The molecule has 102 valence electrons. The van der Waals surface area contributed by atoms with Crippen LogP contribution in [0.3, 0.4) is 0 Å². The normalized spacial score (nSPS) is 46.5. The van der Waals surface area contributed by atoms with Gasteiger partial charge in [-0.05, 0) is 42.9 Å². The van der Waals surface area contributed by atoms with Crippen molar-refractivity contribution in [3.63, 3.8) is 0 Å². The van der Waals surface area contributed by atoms with Crippen molar-refractivity contribution in [1.82, 2.24) is 10.6 Å². The molecule has 1 heterocycles. The number of hydrogen-bond donors (Lipinski definition) is 3. The molecule has 18 heavy (non-hydrogen) atoms. The molecule has 5 atom stereocenters. The third-order valence-corrected chi connectivity index (χ3v) is 5.37. The zero-order chi connectivity index (χ0) is 12.8. The molecule has 3 aliphatic rings. The zero-order valence-corrected chi connectivity index (χ0v) is 10.9. The third-order valence-electron chi connectivity index (χ3n) is 5.37. The SMILES string of the molecule is CC12CCC1CC2C[C@@H]1CNC[C@H](NC(N)=O)O1. The highest BCUT2D eigenvalue weighted by atomic mass is 16.5. The number of morpholine rings is 1. The number of primary amides is 1. The molecule has 0 bridgehead atoms. The van der Waals surface area contributed by atoms with E-state index in [9.17, 15) is 4.79 Å². The lowest BCUT2D eigenvalue weighted by atomic mass is 9.42. The summed E-state index contributed by atoms with van der Waals surface area (Å²) >= 11 is 0. The van der Waals surface area contributed by atoms with E-state index in [4.69, 9.17) is 10.5 Å². The number of nitrogens with two attached hydrogens (primary N) is 1. The maximum atomic E-state index is 10.8. The first-order chi connectivity index (χ1) is 8.58. The van der Waals surface area contributed by atoms with E-state index in [2.05, 4.69) is 17.6 Å². The number of nitrogens with one attached hydrogen (secondary N) is 2. The Kier molecular flexibility index (Phi) is 2.98. The smallest absolute Gasteiger partial charge is 0.314 e. The van der Waals surface area contributed by atoms with Crippen molar-refractivity contribution in [2.24, 2.45) is 23.0 Å². The Morgan fingerprint density at radius 1 is 1.56 bits per heavy atom. The van der Waals surface area contributed by atoms with Crippen LogP contribution < -0.4 is 16.4 Å². The van der Waals surface area contributed by atoms with Gasteiger partial charge in [-0.2, -0.15) is 0 Å². The molecule has 2 aliphatic carbocycles. The van der Waals surface area contributed by atoms with Gasteiger partial charge in [0.1, 0.15) is 6.23 Å². The summed E-state index contributed by atoms with van der Waals surface area (Å²) in [5.41, 5.74) is 5.71. The lowest BCUT2D eigenvalue weighted by Gasteiger charge is -2.63. The number of ether oxygens (including phenoxy) is 1. The van der Waals surface area contributed by atoms with Crippen molar-refractivity contribution in [2.75, 3.05) is 13.1 Å². The van der Waals surface area contributed by atoms with Crippen LogP contribution in [-0.4, -0.2) is 31.5 Å². The van der Waals surface area contributed by atoms with Gasteiger partial charge in [-0.1, -0.05) is 6.92 Å². The molecule has 5 nitrogen and oxygen atoms in total. The predicted molar refractivity (Wildman–Crippen MR) is 67.8 cm³/mol. The number of fused-ring (bicyclic) bond motifs is 1. The van der Waals surface area contributed by atoms with Crippen molar-refractivity contribution < 1.29 is 9.53 Å². The van der Waals surface area contributed by atoms with Gasteiger partial charge in [0, 0.05) is 13.1 Å². The van der Waals surface area contributed by atoms with Crippen LogP contribution >= 0.6 is 0 Å². The first kappa shape index (κ1) is 12.2. The molecule has 3 unspecified atom stereocenters. The van der Waals surface area contributed by atoms with E-state index in [0.717, 1.165) is 24.8 Å². The van der Waals surface area contributed by atoms with Crippen molar-refractivity contribution in [3.8, 4) is 0 Å². The number of carbonyl (C=O) groups excluding carboxylic acids is 1. The number of carbonyl (C=O) groups is 1. The number of amides is 2. The quantitative estimate of drug-likeness (QED) is 0.696. The van der Waals surface area contributed by atoms with E-state index < -0.39 is 6.03 Å². The molecular weight excluding hydrogens is 230 g/mol. The van der Waals surface area contributed by atoms with Crippen LogP contribution in [0.25, 0.3) is 0 Å². The maximum absolute atomic E-state index is 10.8. The predicted octanol–water partition coefficient (Wildman–Crippen LogP) is 0.795. The van der Waals surface area contributed by atoms with Crippen LogP contribution in [0.15, 0.2) is 0 Å². The van der Waals surface area contributed by atoms with Crippen molar-refractivity contribution in [1.29, 1.82) is 0 Å². The summed E-state index contributed by atoms with van der Waals surface area (Å²) < 4.78 is 5.88. The summed E-state index contributed by atoms with van der Waals surface area (Å²) in [5.74, 6) is 1.77. The monoisotopic (exact) mass is 253 g/mol. The Balaban J connectivity index is 1.49. The molecule has 1 aliphatic heterocycles. The molecule has 4 N–H and O–H groups in total. The summed E-state index contributed by atoms with van der Waals surface area (Å²) in [6, 6.07) is -0.517. The molecule has 2 saturated carbocycles. The van der Waals surface area contributed by atoms with Crippen molar-refractivity contribution >= 4 is 6.03 Å². The zero-order valence-electron chi connectivity index (χ0n) is 10.9. The summed E-state index contributed by atoms with van der Waals surface area (Å²) in [5, 5.41) is 5.92. The Labute approximate surface area is 108 Å². The summed E-state index contributed by atoms with van der Waals surface area (Å²) in [6.45, 7) is 3.95. The molecular formula is C13H23N3O2. The van der Waals surface area contributed by atoms with Crippen molar-refractivity contribution in [3.05, 3.63) is 0 Å². The summed E-state index contributed by atoms with van der Waals surface area (Å²) in [4.78, 5) is 10.8. The van der Waals surface area contributed by atoms with E-state index in [1.807, 2.05) is 0 Å². The van der Waals surface area contributed by atoms with E-state index >= 15 is 0 Å². The molecule has 0 aromatic heterocycles. The lowest BCUT2D eigenvalue weighted by Crippen LogP contribution is -2.58. The molecule has 3 fully saturated rings. The molecule has 3 rings (SSSR count). The highest BCUT2D eigenvalue weighted by molar-refractivity contribution is 5.71. The number of hydrogen-bond acceptors (Lipinski definition) is 3. The van der Waals surface area contributed by atoms with Gasteiger partial charge in [0.15, 0.2) is 0 Å². The first-order valence-electron chi connectivity index (χ1n) is 7.00. The van der Waals surface area contributed by atoms with Gasteiger partial charge in [-0.3, -0.25) is 0 Å². The highest BCUT2D eigenvalue weighted by Crippen LogP contribution is 2.65. The first-order valence-corrected chi connectivity index (χ1v) is 7.00. The number of urea groups is 1. The molecule has 1 saturated heterocycles. The van der Waals surface area contributed by atoms with Crippen LogP contribution in [0.1, 0.15) is 32.6 Å². The average Bonchev–Trinajstić information content (AvgIpc) is 2.32. The Bertz CT molecular complexity index is 349. The van der Waals surface area contributed by atoms with Gasteiger partial charge in [-0.25, -0.2) is 4.79 Å². The molecule has 0 spiro atoms. The molecule has 5 heteroatoms. The Morgan fingerprint density at radius 3 is 2.94 bits per heavy atom. The molecule has 0 aromatic rings. The van der Waals surface area contributed by atoms with E-state index in [1.165, 1.54) is 19.3 Å². The fraction of sp³-hybridized carbons (Fsp3) is 0.923. The highest BCUT2D eigenvalue weighted by Gasteiger charge is 2.57. The largest absolute Gasteiger partial charge is 0.353 e. The molecule has 2 amide bonds. The average molecular weight is 253 g/mol. The minimum absolute atomic E-state index is 0.207. The van der Waals surface area contributed by atoms with Gasteiger partial charge >= 0.3 is 6.03 Å². The van der Waals surface area contributed by atoms with Crippen LogP contribution in [0.5, 0.6) is 0 Å². The van der Waals surface area contributed by atoms with Crippen LogP contribution in [-0.2, 0) is 4.74 Å². The lowest BCUT2D eigenvalue weighted by molar-refractivity contribution is -0.155. The Hall–Kier alpha value is -0.810. The fourth-order valence-corrected chi connectivity index (χ4v) is 3.95.